The molecule has 27 heavy (non-hydrogen) atoms. The van der Waals surface area contributed by atoms with Gasteiger partial charge in [-0.1, -0.05) is 0 Å². The third-order valence-electron chi connectivity index (χ3n) is 4.85. The maximum Gasteiger partial charge on any atom is 0.223 e. The van der Waals surface area contributed by atoms with E-state index in [1.54, 1.807) is 11.8 Å². The van der Waals surface area contributed by atoms with Crippen molar-refractivity contribution in [1.29, 1.82) is 0 Å². The van der Waals surface area contributed by atoms with Crippen molar-refractivity contribution in [2.45, 2.75) is 13.3 Å². The van der Waals surface area contributed by atoms with E-state index >= 15 is 0 Å². The fourth-order valence-corrected chi connectivity index (χ4v) is 3.10. The van der Waals surface area contributed by atoms with Crippen molar-refractivity contribution >= 4 is 23.2 Å². The largest absolute Gasteiger partial charge is 0.369 e. The van der Waals surface area contributed by atoms with Gasteiger partial charge in [-0.25, -0.2) is 0 Å². The maximum absolute atomic E-state index is 12.1. The van der Waals surface area contributed by atoms with E-state index in [4.69, 9.17) is 0 Å². The highest BCUT2D eigenvalue weighted by Crippen LogP contribution is 2.22. The average Bonchev–Trinajstić information content (AvgIpc) is 2.62. The lowest BCUT2D eigenvalue weighted by atomic mass is 10.2. The van der Waals surface area contributed by atoms with Crippen LogP contribution in [0.1, 0.15) is 13.3 Å². The first kappa shape index (κ1) is 21.2. The fraction of sp³-hybridized carbons (Fsp3) is 0.600. The first-order valence-corrected chi connectivity index (χ1v) is 9.60. The molecule has 2 amide bonds. The number of likely N-dealkylation sites (N-methyl/N-ethyl adjacent to an activating group) is 2. The molecule has 2 rings (SSSR count). The quantitative estimate of drug-likeness (QED) is 0.730. The van der Waals surface area contributed by atoms with Crippen LogP contribution in [0.3, 0.4) is 0 Å². The van der Waals surface area contributed by atoms with Crippen molar-refractivity contribution in [3.8, 4) is 0 Å². The molecule has 1 aliphatic heterocycles. The Labute approximate surface area is 162 Å². The third-order valence-corrected chi connectivity index (χ3v) is 4.85. The number of carbonyl (C=O) groups is 2. The Bertz CT molecular complexity index is 609. The molecule has 0 atom stereocenters. The van der Waals surface area contributed by atoms with Gasteiger partial charge < -0.3 is 24.9 Å². The molecule has 0 saturated carbocycles. The molecule has 0 radical (unpaired) electrons. The third kappa shape index (κ3) is 6.84. The molecule has 1 aromatic carbocycles. The highest BCUT2D eigenvalue weighted by Gasteiger charge is 2.16. The summed E-state index contributed by atoms with van der Waals surface area (Å²) in [6, 6.07) is 8.07. The van der Waals surface area contributed by atoms with Crippen LogP contribution in [0.5, 0.6) is 0 Å². The predicted molar refractivity (Wildman–Crippen MR) is 110 cm³/mol. The SMILES string of the molecule is CC(=O)N(CCC(=O)NCCN(C)C)c1ccc(N2CCN(C)CC2)cc1. The standard InChI is InChI=1S/C20H33N5O2/c1-17(26)25(11-9-20(27)21-10-12-22(2)3)19-7-5-18(6-8-19)24-15-13-23(4)14-16-24/h5-8H,9-16H2,1-4H3,(H,21,27). The second-order valence-corrected chi connectivity index (χ2v) is 7.38. The van der Waals surface area contributed by atoms with E-state index in [1.807, 2.05) is 31.1 Å². The minimum Gasteiger partial charge on any atom is -0.369 e. The topological polar surface area (TPSA) is 59.1 Å². The second kappa shape index (κ2) is 10.3. The van der Waals surface area contributed by atoms with Gasteiger partial charge in [0.05, 0.1) is 0 Å². The summed E-state index contributed by atoms with van der Waals surface area (Å²) in [6.07, 6.45) is 0.299. The lowest BCUT2D eigenvalue weighted by molar-refractivity contribution is -0.121. The van der Waals surface area contributed by atoms with Crippen LogP contribution in [0.25, 0.3) is 0 Å². The van der Waals surface area contributed by atoms with Crippen molar-refractivity contribution in [3.05, 3.63) is 24.3 Å². The van der Waals surface area contributed by atoms with E-state index in [2.05, 4.69) is 34.3 Å². The summed E-state index contributed by atoms with van der Waals surface area (Å²) in [7, 11) is 6.08. The highest BCUT2D eigenvalue weighted by atomic mass is 16.2. The fourth-order valence-electron chi connectivity index (χ4n) is 3.10. The van der Waals surface area contributed by atoms with Gasteiger partial charge in [0.2, 0.25) is 11.8 Å². The molecule has 150 valence electrons. The highest BCUT2D eigenvalue weighted by molar-refractivity contribution is 5.92. The molecule has 1 aromatic rings. The summed E-state index contributed by atoms with van der Waals surface area (Å²) in [5, 5.41) is 2.89. The normalized spacial score (nSPS) is 15.1. The van der Waals surface area contributed by atoms with Gasteiger partial charge in [0.1, 0.15) is 0 Å². The van der Waals surface area contributed by atoms with Crippen molar-refractivity contribution in [1.82, 2.24) is 15.1 Å². The molecule has 1 saturated heterocycles. The molecule has 0 unspecified atom stereocenters. The zero-order valence-corrected chi connectivity index (χ0v) is 17.1. The molecule has 7 nitrogen and oxygen atoms in total. The van der Waals surface area contributed by atoms with Gasteiger partial charge in [0.15, 0.2) is 0 Å². The molecule has 7 heteroatoms. The number of nitrogens with zero attached hydrogens (tertiary/aromatic N) is 4. The molecular formula is C20H33N5O2. The van der Waals surface area contributed by atoms with Gasteiger partial charge in [0.25, 0.3) is 0 Å². The van der Waals surface area contributed by atoms with E-state index in [0.29, 0.717) is 19.5 Å². The number of carbonyl (C=O) groups excluding carboxylic acids is 2. The monoisotopic (exact) mass is 375 g/mol. The summed E-state index contributed by atoms with van der Waals surface area (Å²) in [5.74, 6) is -0.0828. The Morgan fingerprint density at radius 3 is 2.22 bits per heavy atom. The Morgan fingerprint density at radius 2 is 1.67 bits per heavy atom. The predicted octanol–water partition coefficient (Wildman–Crippen LogP) is 0.859. The van der Waals surface area contributed by atoms with Gasteiger partial charge in [-0.2, -0.15) is 0 Å². The maximum atomic E-state index is 12.1. The zero-order valence-electron chi connectivity index (χ0n) is 17.1. The summed E-state index contributed by atoms with van der Waals surface area (Å²) in [5.41, 5.74) is 2.01. The summed E-state index contributed by atoms with van der Waals surface area (Å²) in [4.78, 5) is 32.4. The van der Waals surface area contributed by atoms with Gasteiger partial charge in [-0.3, -0.25) is 9.59 Å². The van der Waals surface area contributed by atoms with Crippen LogP contribution < -0.4 is 15.1 Å². The van der Waals surface area contributed by atoms with Crippen LogP contribution in [0.15, 0.2) is 24.3 Å². The van der Waals surface area contributed by atoms with Crippen LogP contribution in [0, 0.1) is 0 Å². The minimum atomic E-state index is -0.0524. The van der Waals surface area contributed by atoms with E-state index in [1.165, 1.54) is 5.69 Å². The second-order valence-electron chi connectivity index (χ2n) is 7.38. The van der Waals surface area contributed by atoms with E-state index in [0.717, 1.165) is 38.4 Å². The van der Waals surface area contributed by atoms with Crippen molar-refractivity contribution < 1.29 is 9.59 Å². The van der Waals surface area contributed by atoms with Gasteiger partial charge in [-0.15, -0.1) is 0 Å². The zero-order chi connectivity index (χ0) is 19.8. The van der Waals surface area contributed by atoms with E-state index in [-0.39, 0.29) is 11.8 Å². The Morgan fingerprint density at radius 1 is 1.04 bits per heavy atom. The molecular weight excluding hydrogens is 342 g/mol. The molecule has 1 aliphatic rings. The molecule has 1 heterocycles. The molecule has 0 aliphatic carbocycles. The van der Waals surface area contributed by atoms with Gasteiger partial charge >= 0.3 is 0 Å². The minimum absolute atomic E-state index is 0.0304. The Kier molecular flexibility index (Phi) is 8.06. The van der Waals surface area contributed by atoms with Crippen LogP contribution in [0.4, 0.5) is 11.4 Å². The Balaban J connectivity index is 1.90. The summed E-state index contributed by atoms with van der Waals surface area (Å²) < 4.78 is 0. The van der Waals surface area contributed by atoms with E-state index < -0.39 is 0 Å². The number of benzene rings is 1. The number of rotatable bonds is 8. The first-order valence-electron chi connectivity index (χ1n) is 9.60. The lowest BCUT2D eigenvalue weighted by Gasteiger charge is -2.34. The smallest absolute Gasteiger partial charge is 0.223 e. The van der Waals surface area contributed by atoms with Crippen LogP contribution >= 0.6 is 0 Å². The number of piperazine rings is 1. The van der Waals surface area contributed by atoms with E-state index in [9.17, 15) is 9.59 Å². The number of nitrogens with one attached hydrogen (secondary N) is 1. The van der Waals surface area contributed by atoms with Gasteiger partial charge in [-0.05, 0) is 45.4 Å². The first-order chi connectivity index (χ1) is 12.9. The number of amides is 2. The molecule has 0 aromatic heterocycles. The number of hydrogen-bond donors (Lipinski definition) is 1. The summed E-state index contributed by atoms with van der Waals surface area (Å²) >= 11 is 0. The van der Waals surface area contributed by atoms with Crippen LogP contribution in [-0.2, 0) is 9.59 Å². The van der Waals surface area contributed by atoms with Crippen LogP contribution in [-0.4, -0.2) is 88.6 Å². The van der Waals surface area contributed by atoms with Crippen molar-refractivity contribution in [3.63, 3.8) is 0 Å². The average molecular weight is 376 g/mol. The van der Waals surface area contributed by atoms with Gasteiger partial charge in [0, 0.05) is 70.5 Å². The molecule has 1 N–H and O–H groups in total. The van der Waals surface area contributed by atoms with Crippen LogP contribution in [0.2, 0.25) is 0 Å². The number of hydrogen-bond acceptors (Lipinski definition) is 5. The van der Waals surface area contributed by atoms with Crippen molar-refractivity contribution in [2.75, 3.05) is 76.8 Å². The number of anilines is 2. The summed E-state index contributed by atoms with van der Waals surface area (Å²) in [6.45, 7) is 7.49. The molecule has 0 bridgehead atoms. The molecule has 0 spiro atoms. The Hall–Kier alpha value is -2.12. The lowest BCUT2D eigenvalue weighted by Crippen LogP contribution is -2.44. The van der Waals surface area contributed by atoms with Crippen molar-refractivity contribution in [2.24, 2.45) is 0 Å². The molecule has 1 fully saturated rings.